The van der Waals surface area contributed by atoms with E-state index in [9.17, 15) is 13.2 Å². The Balaban J connectivity index is 1.56. The standard InChI is InChI=1S/C17H23N5O4S3/c1-21(9-15(23)18-12-7-8-29(24,25)10-12)11-22-17(27)28-16(20-22)19-13-5-3-4-6-14(13)26-2/h3-6,12H,7-11H2,1-2H3,(H,18,23)(H,19,20). The van der Waals surface area contributed by atoms with Crippen molar-refractivity contribution in [3.05, 3.63) is 28.2 Å². The molecule has 158 valence electrons. The van der Waals surface area contributed by atoms with Gasteiger partial charge in [-0.15, -0.1) is 5.10 Å². The first-order valence-electron chi connectivity index (χ1n) is 8.92. The summed E-state index contributed by atoms with van der Waals surface area (Å²) in [6, 6.07) is 7.20. The maximum Gasteiger partial charge on any atom is 0.234 e. The lowest BCUT2D eigenvalue weighted by Gasteiger charge is -2.17. The zero-order valence-corrected chi connectivity index (χ0v) is 18.6. The monoisotopic (exact) mass is 457 g/mol. The highest BCUT2D eigenvalue weighted by molar-refractivity contribution is 7.91. The van der Waals surface area contributed by atoms with Crippen molar-refractivity contribution in [2.24, 2.45) is 0 Å². The highest BCUT2D eigenvalue weighted by Crippen LogP contribution is 2.28. The lowest BCUT2D eigenvalue weighted by molar-refractivity contribution is -0.122. The second-order valence-corrected chi connectivity index (χ2v) is 10.7. The number of carbonyl (C=O) groups is 1. The minimum Gasteiger partial charge on any atom is -0.495 e. The van der Waals surface area contributed by atoms with Gasteiger partial charge in [-0.2, -0.15) is 0 Å². The molecule has 1 aliphatic heterocycles. The number of benzene rings is 1. The van der Waals surface area contributed by atoms with Gasteiger partial charge >= 0.3 is 0 Å². The van der Waals surface area contributed by atoms with Gasteiger partial charge in [0.25, 0.3) is 0 Å². The van der Waals surface area contributed by atoms with Gasteiger partial charge in [-0.1, -0.05) is 23.5 Å². The molecule has 2 aromatic rings. The molecule has 3 rings (SSSR count). The van der Waals surface area contributed by atoms with E-state index in [1.54, 1.807) is 23.7 Å². The molecule has 0 bridgehead atoms. The Labute approximate surface area is 178 Å². The largest absolute Gasteiger partial charge is 0.495 e. The number of sulfone groups is 1. The van der Waals surface area contributed by atoms with E-state index >= 15 is 0 Å². The van der Waals surface area contributed by atoms with Crippen LogP contribution in [0.25, 0.3) is 0 Å². The minimum absolute atomic E-state index is 0.0115. The van der Waals surface area contributed by atoms with Gasteiger partial charge in [0.1, 0.15) is 5.75 Å². The average molecular weight is 458 g/mol. The summed E-state index contributed by atoms with van der Waals surface area (Å²) in [5.41, 5.74) is 0.783. The van der Waals surface area contributed by atoms with E-state index in [2.05, 4.69) is 15.7 Å². The van der Waals surface area contributed by atoms with Gasteiger partial charge in [0.05, 0.1) is 37.5 Å². The predicted molar refractivity (Wildman–Crippen MR) is 115 cm³/mol. The molecule has 0 aliphatic carbocycles. The van der Waals surface area contributed by atoms with Crippen LogP contribution in [0.4, 0.5) is 10.8 Å². The first-order chi connectivity index (χ1) is 13.8. The summed E-state index contributed by atoms with van der Waals surface area (Å²) in [6.45, 7) is 0.449. The molecule has 2 heterocycles. The number of amides is 1. The van der Waals surface area contributed by atoms with Crippen molar-refractivity contribution in [2.45, 2.75) is 19.1 Å². The van der Waals surface area contributed by atoms with Crippen molar-refractivity contribution in [2.75, 3.05) is 37.5 Å². The number of para-hydroxylation sites is 2. The molecule has 1 amide bonds. The number of aromatic nitrogens is 2. The summed E-state index contributed by atoms with van der Waals surface area (Å²) in [6.07, 6.45) is 0.465. The maximum atomic E-state index is 12.2. The molecular weight excluding hydrogens is 434 g/mol. The Morgan fingerprint density at radius 2 is 2.21 bits per heavy atom. The van der Waals surface area contributed by atoms with Crippen LogP contribution in [0.15, 0.2) is 24.3 Å². The molecule has 1 atom stereocenters. The molecule has 1 fully saturated rings. The van der Waals surface area contributed by atoms with Gasteiger partial charge in [-0.05, 0) is 37.8 Å². The number of hydrogen-bond donors (Lipinski definition) is 2. The highest BCUT2D eigenvalue weighted by Gasteiger charge is 2.29. The fourth-order valence-corrected chi connectivity index (χ4v) is 5.69. The Kier molecular flexibility index (Phi) is 6.88. The third kappa shape index (κ3) is 5.98. The fourth-order valence-electron chi connectivity index (χ4n) is 3.02. The van der Waals surface area contributed by atoms with Crippen LogP contribution in [0.3, 0.4) is 0 Å². The first-order valence-corrected chi connectivity index (χ1v) is 12.0. The molecule has 29 heavy (non-hydrogen) atoms. The molecule has 0 spiro atoms. The van der Waals surface area contributed by atoms with Gasteiger partial charge in [-0.25, -0.2) is 13.1 Å². The molecule has 0 saturated carbocycles. The van der Waals surface area contributed by atoms with Gasteiger partial charge < -0.3 is 15.4 Å². The van der Waals surface area contributed by atoms with Crippen molar-refractivity contribution in [3.63, 3.8) is 0 Å². The fraction of sp³-hybridized carbons (Fsp3) is 0.471. The lowest BCUT2D eigenvalue weighted by Crippen LogP contribution is -2.42. The minimum atomic E-state index is -3.02. The first kappa shape index (κ1) is 21.7. The van der Waals surface area contributed by atoms with E-state index in [-0.39, 0.29) is 30.0 Å². The summed E-state index contributed by atoms with van der Waals surface area (Å²) < 4.78 is 30.5. The van der Waals surface area contributed by atoms with Crippen molar-refractivity contribution in [3.8, 4) is 5.75 Å². The molecule has 1 unspecified atom stereocenters. The van der Waals surface area contributed by atoms with Gasteiger partial charge in [0.2, 0.25) is 11.0 Å². The third-order valence-electron chi connectivity index (χ3n) is 4.34. The van der Waals surface area contributed by atoms with E-state index in [4.69, 9.17) is 17.0 Å². The second-order valence-electron chi connectivity index (χ2n) is 6.82. The number of methoxy groups -OCH3 is 1. The van der Waals surface area contributed by atoms with Crippen LogP contribution in [0.5, 0.6) is 5.75 Å². The highest BCUT2D eigenvalue weighted by atomic mass is 32.2. The second kappa shape index (κ2) is 9.20. The van der Waals surface area contributed by atoms with Gasteiger partial charge in [-0.3, -0.25) is 9.69 Å². The van der Waals surface area contributed by atoms with Gasteiger partial charge in [0.15, 0.2) is 13.8 Å². The SMILES string of the molecule is COc1ccccc1Nc1nn(CN(C)CC(=O)NC2CCS(=O)(=O)C2)c(=S)s1. The van der Waals surface area contributed by atoms with Crippen LogP contribution in [0, 0.1) is 3.95 Å². The van der Waals surface area contributed by atoms with Crippen LogP contribution in [-0.4, -0.2) is 67.3 Å². The van der Waals surface area contributed by atoms with Gasteiger partial charge in [0, 0.05) is 6.04 Å². The van der Waals surface area contributed by atoms with Crippen LogP contribution < -0.4 is 15.4 Å². The molecule has 2 N–H and O–H groups in total. The van der Waals surface area contributed by atoms with Crippen LogP contribution in [-0.2, 0) is 21.3 Å². The third-order valence-corrected chi connectivity index (χ3v) is 7.33. The molecule has 1 aromatic carbocycles. The molecule has 9 nitrogen and oxygen atoms in total. The summed E-state index contributed by atoms with van der Waals surface area (Å²) >= 11 is 6.70. The zero-order valence-electron chi connectivity index (χ0n) is 16.1. The van der Waals surface area contributed by atoms with E-state index in [1.807, 2.05) is 24.3 Å². The molecule has 1 saturated heterocycles. The normalized spacial score (nSPS) is 18.0. The number of anilines is 2. The molecule has 1 aromatic heterocycles. The zero-order chi connectivity index (χ0) is 21.0. The molecule has 12 heteroatoms. The number of nitrogens with one attached hydrogen (secondary N) is 2. The Morgan fingerprint density at radius 1 is 1.45 bits per heavy atom. The summed E-state index contributed by atoms with van der Waals surface area (Å²) in [7, 11) is 0.354. The lowest BCUT2D eigenvalue weighted by atomic mass is 10.2. The van der Waals surface area contributed by atoms with Crippen LogP contribution in [0.2, 0.25) is 0 Å². The molecular formula is C17H23N5O4S3. The smallest absolute Gasteiger partial charge is 0.234 e. The number of rotatable bonds is 8. The number of ether oxygens (including phenoxy) is 1. The predicted octanol–water partition coefficient (Wildman–Crippen LogP) is 1.62. The summed E-state index contributed by atoms with van der Waals surface area (Å²) in [4.78, 5) is 14.0. The Morgan fingerprint density at radius 3 is 2.90 bits per heavy atom. The molecule has 1 aliphatic rings. The molecule has 0 radical (unpaired) electrons. The van der Waals surface area contributed by atoms with Crippen LogP contribution in [0.1, 0.15) is 6.42 Å². The van der Waals surface area contributed by atoms with E-state index in [0.717, 1.165) is 5.69 Å². The van der Waals surface area contributed by atoms with Crippen molar-refractivity contribution >= 4 is 50.1 Å². The number of nitrogens with zero attached hydrogens (tertiary/aromatic N) is 3. The Bertz CT molecular complexity index is 1030. The van der Waals surface area contributed by atoms with Crippen LogP contribution >= 0.6 is 23.6 Å². The topological polar surface area (TPSA) is 106 Å². The quantitative estimate of drug-likeness (QED) is 0.576. The van der Waals surface area contributed by atoms with Crippen molar-refractivity contribution < 1.29 is 17.9 Å². The maximum absolute atomic E-state index is 12.2. The summed E-state index contributed by atoms with van der Waals surface area (Å²) in [5, 5.41) is 11.1. The van der Waals surface area contributed by atoms with E-state index < -0.39 is 9.84 Å². The Hall–Kier alpha value is -2.02. The van der Waals surface area contributed by atoms with Crippen molar-refractivity contribution in [1.82, 2.24) is 20.0 Å². The van der Waals surface area contributed by atoms with E-state index in [1.165, 1.54) is 11.3 Å². The number of likely N-dealkylation sites (N-methyl/N-ethyl adjacent to an activating group) is 1. The van der Waals surface area contributed by atoms with E-state index in [0.29, 0.717) is 27.9 Å². The number of hydrogen-bond acceptors (Lipinski definition) is 9. The average Bonchev–Trinajstić information content (AvgIpc) is 3.16. The number of carbonyl (C=O) groups excluding carboxylic acids is 1. The summed E-state index contributed by atoms with van der Waals surface area (Å²) in [5.74, 6) is 0.619. The van der Waals surface area contributed by atoms with Crippen molar-refractivity contribution in [1.29, 1.82) is 0 Å².